The SMILES string of the molecule is CCOc1cc2c(cc1OCC)C(CC)C(C)=NN=C2c1ccc(OC)c(OC)c1. The molecule has 0 saturated carbocycles. The first kappa shape index (κ1) is 21.7. The summed E-state index contributed by atoms with van der Waals surface area (Å²) in [7, 11) is 3.25. The van der Waals surface area contributed by atoms with Gasteiger partial charge in [-0.25, -0.2) is 0 Å². The number of nitrogens with zero attached hydrogens (tertiary/aromatic N) is 2. The van der Waals surface area contributed by atoms with Crippen LogP contribution >= 0.6 is 0 Å². The molecule has 0 amide bonds. The van der Waals surface area contributed by atoms with Gasteiger partial charge in [0.15, 0.2) is 23.0 Å². The van der Waals surface area contributed by atoms with Crippen LogP contribution in [0.25, 0.3) is 0 Å². The first-order valence-corrected chi connectivity index (χ1v) is 10.4. The van der Waals surface area contributed by atoms with Gasteiger partial charge in [-0.3, -0.25) is 0 Å². The molecule has 0 aromatic heterocycles. The quantitative estimate of drug-likeness (QED) is 0.598. The molecule has 160 valence electrons. The van der Waals surface area contributed by atoms with E-state index in [9.17, 15) is 0 Å². The number of fused-ring (bicyclic) bond motifs is 1. The van der Waals surface area contributed by atoms with E-state index in [1.54, 1.807) is 14.2 Å². The van der Waals surface area contributed by atoms with Crippen LogP contribution in [0.3, 0.4) is 0 Å². The Morgan fingerprint density at radius 2 is 1.47 bits per heavy atom. The second-order valence-electron chi connectivity index (χ2n) is 6.97. The Hall–Kier alpha value is -3.02. The summed E-state index contributed by atoms with van der Waals surface area (Å²) in [6.07, 6.45) is 0.913. The molecule has 0 N–H and O–H groups in total. The molecule has 1 heterocycles. The summed E-state index contributed by atoms with van der Waals surface area (Å²) in [6, 6.07) is 9.88. The van der Waals surface area contributed by atoms with Crippen LogP contribution in [0.2, 0.25) is 0 Å². The normalized spacial score (nSPS) is 15.5. The van der Waals surface area contributed by atoms with Crippen molar-refractivity contribution in [1.29, 1.82) is 0 Å². The lowest BCUT2D eigenvalue weighted by atomic mass is 9.85. The van der Waals surface area contributed by atoms with E-state index < -0.39 is 0 Å². The Balaban J connectivity index is 2.24. The van der Waals surface area contributed by atoms with Crippen LogP contribution < -0.4 is 18.9 Å². The van der Waals surface area contributed by atoms with Crippen LogP contribution in [-0.4, -0.2) is 38.9 Å². The maximum atomic E-state index is 5.90. The maximum Gasteiger partial charge on any atom is 0.161 e. The Kier molecular flexibility index (Phi) is 6.98. The van der Waals surface area contributed by atoms with Crippen molar-refractivity contribution in [2.24, 2.45) is 10.2 Å². The second kappa shape index (κ2) is 9.65. The molecule has 0 saturated heterocycles. The third kappa shape index (κ3) is 4.13. The van der Waals surface area contributed by atoms with Gasteiger partial charge in [-0.05, 0) is 63.1 Å². The molecule has 1 aliphatic rings. The minimum atomic E-state index is 0.149. The zero-order valence-corrected chi connectivity index (χ0v) is 18.6. The molecule has 1 aliphatic heterocycles. The number of ether oxygens (including phenoxy) is 4. The van der Waals surface area contributed by atoms with Gasteiger partial charge >= 0.3 is 0 Å². The minimum Gasteiger partial charge on any atom is -0.493 e. The van der Waals surface area contributed by atoms with Crippen molar-refractivity contribution in [2.75, 3.05) is 27.4 Å². The molecule has 6 nitrogen and oxygen atoms in total. The third-order valence-corrected chi connectivity index (χ3v) is 5.22. The molecule has 30 heavy (non-hydrogen) atoms. The fourth-order valence-corrected chi connectivity index (χ4v) is 3.80. The fourth-order valence-electron chi connectivity index (χ4n) is 3.80. The highest BCUT2D eigenvalue weighted by molar-refractivity contribution is 6.16. The zero-order chi connectivity index (χ0) is 21.7. The van der Waals surface area contributed by atoms with Crippen molar-refractivity contribution < 1.29 is 18.9 Å². The molecular formula is C24H30N2O4. The Labute approximate surface area is 178 Å². The molecule has 1 atom stereocenters. The van der Waals surface area contributed by atoms with Crippen molar-refractivity contribution in [1.82, 2.24) is 0 Å². The molecule has 0 radical (unpaired) electrons. The van der Waals surface area contributed by atoms with E-state index in [0.717, 1.165) is 40.3 Å². The molecule has 1 unspecified atom stereocenters. The van der Waals surface area contributed by atoms with Gasteiger partial charge in [0.25, 0.3) is 0 Å². The number of benzene rings is 2. The smallest absolute Gasteiger partial charge is 0.161 e. The van der Waals surface area contributed by atoms with E-state index in [4.69, 9.17) is 18.9 Å². The molecule has 0 bridgehead atoms. The van der Waals surface area contributed by atoms with Gasteiger partial charge in [0.2, 0.25) is 0 Å². The van der Waals surface area contributed by atoms with E-state index in [0.29, 0.717) is 30.5 Å². The Bertz CT molecular complexity index is 966. The second-order valence-corrected chi connectivity index (χ2v) is 6.97. The standard InChI is InChI=1S/C24H30N2O4/c1-7-17-15(4)25-26-24(16-10-11-20(27-5)21(12-16)28-6)19-14-23(30-9-3)22(29-8-2)13-18(17)19/h10-14,17H,7-9H2,1-6H3. The predicted octanol–water partition coefficient (Wildman–Crippen LogP) is 5.22. The summed E-state index contributed by atoms with van der Waals surface area (Å²) in [5, 5.41) is 9.18. The molecule has 0 spiro atoms. The van der Waals surface area contributed by atoms with Gasteiger partial charge in [0, 0.05) is 22.8 Å². The van der Waals surface area contributed by atoms with Crippen LogP contribution in [0.15, 0.2) is 40.5 Å². The summed E-state index contributed by atoms with van der Waals surface area (Å²) < 4.78 is 22.7. The molecular weight excluding hydrogens is 380 g/mol. The van der Waals surface area contributed by atoms with Crippen LogP contribution in [0, 0.1) is 0 Å². The Morgan fingerprint density at radius 1 is 0.800 bits per heavy atom. The van der Waals surface area contributed by atoms with Gasteiger partial charge in [0.05, 0.1) is 27.4 Å². The number of rotatable bonds is 8. The van der Waals surface area contributed by atoms with Gasteiger partial charge in [-0.2, -0.15) is 5.10 Å². The van der Waals surface area contributed by atoms with Gasteiger partial charge < -0.3 is 18.9 Å². The predicted molar refractivity (Wildman–Crippen MR) is 120 cm³/mol. The topological polar surface area (TPSA) is 61.6 Å². The summed E-state index contributed by atoms with van der Waals surface area (Å²) in [5.41, 5.74) is 4.76. The lowest BCUT2D eigenvalue weighted by molar-refractivity contribution is 0.287. The van der Waals surface area contributed by atoms with Crippen molar-refractivity contribution in [3.63, 3.8) is 0 Å². The average Bonchev–Trinajstić information content (AvgIpc) is 2.89. The molecule has 2 aromatic carbocycles. The van der Waals surface area contributed by atoms with E-state index in [1.165, 1.54) is 0 Å². The van der Waals surface area contributed by atoms with Gasteiger partial charge in [0.1, 0.15) is 5.71 Å². The molecule has 3 rings (SSSR count). The summed E-state index contributed by atoms with van der Waals surface area (Å²) >= 11 is 0. The van der Waals surface area contributed by atoms with Crippen molar-refractivity contribution in [2.45, 2.75) is 40.0 Å². The first-order valence-electron chi connectivity index (χ1n) is 10.4. The molecule has 0 fully saturated rings. The summed E-state index contributed by atoms with van der Waals surface area (Å²) in [6.45, 7) is 9.24. The van der Waals surface area contributed by atoms with Crippen LogP contribution in [-0.2, 0) is 0 Å². The Morgan fingerprint density at radius 3 is 2.07 bits per heavy atom. The van der Waals surface area contributed by atoms with Gasteiger partial charge in [-0.15, -0.1) is 5.10 Å². The molecule has 6 heteroatoms. The monoisotopic (exact) mass is 410 g/mol. The van der Waals surface area contributed by atoms with E-state index >= 15 is 0 Å². The lowest BCUT2D eigenvalue weighted by Crippen LogP contribution is -2.13. The van der Waals surface area contributed by atoms with E-state index in [2.05, 4.69) is 23.2 Å². The maximum absolute atomic E-state index is 5.90. The lowest BCUT2D eigenvalue weighted by Gasteiger charge is -2.21. The van der Waals surface area contributed by atoms with Crippen LogP contribution in [0.5, 0.6) is 23.0 Å². The first-order chi connectivity index (χ1) is 14.6. The van der Waals surface area contributed by atoms with Crippen molar-refractivity contribution in [3.8, 4) is 23.0 Å². The highest BCUT2D eigenvalue weighted by atomic mass is 16.5. The fraction of sp³-hybridized carbons (Fsp3) is 0.417. The molecule has 0 aliphatic carbocycles. The highest BCUT2D eigenvalue weighted by Gasteiger charge is 2.26. The highest BCUT2D eigenvalue weighted by Crippen LogP contribution is 2.39. The summed E-state index contributed by atoms with van der Waals surface area (Å²) in [4.78, 5) is 0. The average molecular weight is 411 g/mol. The van der Waals surface area contributed by atoms with Gasteiger partial charge in [-0.1, -0.05) is 6.92 Å². The largest absolute Gasteiger partial charge is 0.493 e. The number of methoxy groups -OCH3 is 2. The number of hydrogen-bond acceptors (Lipinski definition) is 6. The number of hydrogen-bond donors (Lipinski definition) is 0. The zero-order valence-electron chi connectivity index (χ0n) is 18.6. The molecule has 2 aromatic rings. The summed E-state index contributed by atoms with van der Waals surface area (Å²) in [5.74, 6) is 2.92. The van der Waals surface area contributed by atoms with Crippen LogP contribution in [0.4, 0.5) is 0 Å². The van der Waals surface area contributed by atoms with E-state index in [-0.39, 0.29) is 5.92 Å². The van der Waals surface area contributed by atoms with Crippen molar-refractivity contribution >= 4 is 11.4 Å². The third-order valence-electron chi connectivity index (χ3n) is 5.22. The van der Waals surface area contributed by atoms with E-state index in [1.807, 2.05) is 45.0 Å². The van der Waals surface area contributed by atoms with Crippen LogP contribution in [0.1, 0.15) is 56.7 Å². The van der Waals surface area contributed by atoms with Crippen molar-refractivity contribution in [3.05, 3.63) is 47.0 Å². The minimum absolute atomic E-state index is 0.149.